The van der Waals surface area contributed by atoms with Crippen LogP contribution in [0.15, 0.2) is 42.5 Å². The minimum atomic E-state index is -0.300. The van der Waals surface area contributed by atoms with Crippen molar-refractivity contribution in [2.75, 3.05) is 12.1 Å². The van der Waals surface area contributed by atoms with Crippen molar-refractivity contribution in [1.82, 2.24) is 5.32 Å². The van der Waals surface area contributed by atoms with Gasteiger partial charge in [0.2, 0.25) is 6.79 Å². The zero-order valence-electron chi connectivity index (χ0n) is 11.9. The summed E-state index contributed by atoms with van der Waals surface area (Å²) >= 11 is 5.96. The smallest absolute Gasteiger partial charge is 0.319 e. The number of amides is 2. The Balaban J connectivity index is 1.62. The number of carbonyl (C=O) groups excluding carboxylic acids is 1. The average molecular weight is 319 g/mol. The van der Waals surface area contributed by atoms with Crippen molar-refractivity contribution in [3.8, 4) is 11.5 Å². The molecule has 22 heavy (non-hydrogen) atoms. The van der Waals surface area contributed by atoms with Crippen molar-refractivity contribution in [3.63, 3.8) is 0 Å². The van der Waals surface area contributed by atoms with Crippen molar-refractivity contribution in [2.45, 2.75) is 13.0 Å². The van der Waals surface area contributed by atoms with Crippen molar-refractivity contribution in [1.29, 1.82) is 0 Å². The molecule has 1 unspecified atom stereocenters. The minimum Gasteiger partial charge on any atom is -0.454 e. The molecule has 0 fully saturated rings. The Hall–Kier alpha value is -2.40. The molecular formula is C16H15ClN2O3. The van der Waals surface area contributed by atoms with Crippen LogP contribution in [0.4, 0.5) is 10.5 Å². The molecule has 2 amide bonds. The average Bonchev–Trinajstić information content (AvgIpc) is 2.94. The van der Waals surface area contributed by atoms with Gasteiger partial charge in [0.15, 0.2) is 11.5 Å². The van der Waals surface area contributed by atoms with Crippen LogP contribution in [0.5, 0.6) is 11.5 Å². The quantitative estimate of drug-likeness (QED) is 0.900. The van der Waals surface area contributed by atoms with Gasteiger partial charge in [-0.3, -0.25) is 0 Å². The molecule has 2 aromatic rings. The molecule has 0 aromatic heterocycles. The molecule has 2 aromatic carbocycles. The number of urea groups is 1. The summed E-state index contributed by atoms with van der Waals surface area (Å²) in [6.45, 7) is 2.10. The molecule has 0 saturated carbocycles. The number of hydrogen-bond donors (Lipinski definition) is 2. The lowest BCUT2D eigenvalue weighted by molar-refractivity contribution is 0.174. The molecule has 0 spiro atoms. The van der Waals surface area contributed by atoms with Crippen molar-refractivity contribution < 1.29 is 14.3 Å². The lowest BCUT2D eigenvalue weighted by atomic mass is 10.1. The van der Waals surface area contributed by atoms with Crippen LogP contribution in [-0.2, 0) is 0 Å². The molecular weight excluding hydrogens is 304 g/mol. The SMILES string of the molecule is CC(NC(=O)Nc1ccc2c(c1)OCO2)c1cccc(Cl)c1. The van der Waals surface area contributed by atoms with Crippen molar-refractivity contribution >= 4 is 23.3 Å². The van der Waals surface area contributed by atoms with Crippen LogP contribution in [0.2, 0.25) is 5.02 Å². The summed E-state index contributed by atoms with van der Waals surface area (Å²) in [6.07, 6.45) is 0. The van der Waals surface area contributed by atoms with E-state index in [1.807, 2.05) is 25.1 Å². The summed E-state index contributed by atoms with van der Waals surface area (Å²) in [6, 6.07) is 12.2. The molecule has 0 radical (unpaired) electrons. The van der Waals surface area contributed by atoms with Gasteiger partial charge in [-0.15, -0.1) is 0 Å². The molecule has 0 bridgehead atoms. The summed E-state index contributed by atoms with van der Waals surface area (Å²) in [7, 11) is 0. The van der Waals surface area contributed by atoms with E-state index < -0.39 is 0 Å². The third-order valence-electron chi connectivity index (χ3n) is 3.33. The van der Waals surface area contributed by atoms with E-state index in [9.17, 15) is 4.79 Å². The summed E-state index contributed by atoms with van der Waals surface area (Å²) in [5, 5.41) is 6.27. The van der Waals surface area contributed by atoms with Crippen molar-refractivity contribution in [3.05, 3.63) is 53.1 Å². The van der Waals surface area contributed by atoms with Gasteiger partial charge in [-0.05, 0) is 36.8 Å². The van der Waals surface area contributed by atoms with Gasteiger partial charge in [0.1, 0.15) is 0 Å². The van der Waals surface area contributed by atoms with Gasteiger partial charge >= 0.3 is 6.03 Å². The Morgan fingerprint density at radius 2 is 2.00 bits per heavy atom. The van der Waals surface area contributed by atoms with Gasteiger partial charge in [0.25, 0.3) is 0 Å². The van der Waals surface area contributed by atoms with Crippen LogP contribution >= 0.6 is 11.6 Å². The monoisotopic (exact) mass is 318 g/mol. The molecule has 3 rings (SSSR count). The first-order chi connectivity index (χ1) is 10.6. The van der Waals surface area contributed by atoms with Gasteiger partial charge < -0.3 is 20.1 Å². The lowest BCUT2D eigenvalue weighted by Crippen LogP contribution is -2.31. The molecule has 2 N–H and O–H groups in total. The first-order valence-electron chi connectivity index (χ1n) is 6.84. The highest BCUT2D eigenvalue weighted by Gasteiger charge is 2.15. The molecule has 1 aliphatic rings. The fourth-order valence-corrected chi connectivity index (χ4v) is 2.40. The Bertz CT molecular complexity index is 706. The Morgan fingerprint density at radius 3 is 2.82 bits per heavy atom. The minimum absolute atomic E-state index is 0.160. The largest absolute Gasteiger partial charge is 0.454 e. The Labute approximate surface area is 133 Å². The maximum atomic E-state index is 12.1. The van der Waals surface area contributed by atoms with E-state index in [1.165, 1.54) is 0 Å². The van der Waals surface area contributed by atoms with Crippen LogP contribution in [0.25, 0.3) is 0 Å². The van der Waals surface area contributed by atoms with E-state index >= 15 is 0 Å². The first kappa shape index (κ1) is 14.5. The maximum Gasteiger partial charge on any atom is 0.319 e. The lowest BCUT2D eigenvalue weighted by Gasteiger charge is -2.15. The van der Waals surface area contributed by atoms with Crippen molar-refractivity contribution in [2.24, 2.45) is 0 Å². The summed E-state index contributed by atoms with van der Waals surface area (Å²) in [4.78, 5) is 12.1. The number of fused-ring (bicyclic) bond motifs is 1. The molecule has 1 aliphatic heterocycles. The maximum absolute atomic E-state index is 12.1. The predicted octanol–water partition coefficient (Wildman–Crippen LogP) is 3.95. The summed E-state index contributed by atoms with van der Waals surface area (Å²) in [5.74, 6) is 1.30. The predicted molar refractivity (Wildman–Crippen MR) is 84.6 cm³/mol. The molecule has 114 valence electrons. The third kappa shape index (κ3) is 3.26. The van der Waals surface area contributed by atoms with Crippen LogP contribution in [0.1, 0.15) is 18.5 Å². The highest BCUT2D eigenvalue weighted by molar-refractivity contribution is 6.30. The fraction of sp³-hybridized carbons (Fsp3) is 0.188. The van der Waals surface area contributed by atoms with E-state index in [0.29, 0.717) is 22.2 Å². The zero-order chi connectivity index (χ0) is 15.5. The second-order valence-electron chi connectivity index (χ2n) is 4.94. The Kier molecular flexibility index (Phi) is 4.06. The van der Waals surface area contributed by atoms with E-state index in [-0.39, 0.29) is 18.9 Å². The van der Waals surface area contributed by atoms with Crippen LogP contribution in [0, 0.1) is 0 Å². The molecule has 1 heterocycles. The summed E-state index contributed by atoms with van der Waals surface area (Å²) < 4.78 is 10.5. The standard InChI is InChI=1S/C16H15ClN2O3/c1-10(11-3-2-4-12(17)7-11)18-16(20)19-13-5-6-14-15(8-13)22-9-21-14/h2-8,10H,9H2,1H3,(H2,18,19,20). The second kappa shape index (κ2) is 6.15. The number of ether oxygens (including phenoxy) is 2. The molecule has 5 nitrogen and oxygen atoms in total. The highest BCUT2D eigenvalue weighted by Crippen LogP contribution is 2.34. The Morgan fingerprint density at radius 1 is 1.18 bits per heavy atom. The topological polar surface area (TPSA) is 59.6 Å². The number of anilines is 1. The van der Waals surface area contributed by atoms with E-state index in [4.69, 9.17) is 21.1 Å². The number of halogens is 1. The normalized spacial score (nSPS) is 13.5. The van der Waals surface area contributed by atoms with E-state index in [1.54, 1.807) is 24.3 Å². The van der Waals surface area contributed by atoms with Gasteiger partial charge in [0.05, 0.1) is 6.04 Å². The number of carbonyl (C=O) groups is 1. The number of benzene rings is 2. The number of nitrogens with one attached hydrogen (secondary N) is 2. The number of rotatable bonds is 3. The molecule has 1 atom stereocenters. The van der Waals surface area contributed by atoms with Crippen LogP contribution in [0.3, 0.4) is 0 Å². The van der Waals surface area contributed by atoms with Crippen LogP contribution in [-0.4, -0.2) is 12.8 Å². The molecule has 0 saturated heterocycles. The molecule has 0 aliphatic carbocycles. The van der Waals surface area contributed by atoms with E-state index in [0.717, 1.165) is 5.56 Å². The number of hydrogen-bond acceptors (Lipinski definition) is 3. The third-order valence-corrected chi connectivity index (χ3v) is 3.56. The zero-order valence-corrected chi connectivity index (χ0v) is 12.7. The highest BCUT2D eigenvalue weighted by atomic mass is 35.5. The second-order valence-corrected chi connectivity index (χ2v) is 5.38. The van der Waals surface area contributed by atoms with Crippen LogP contribution < -0.4 is 20.1 Å². The van der Waals surface area contributed by atoms with E-state index in [2.05, 4.69) is 10.6 Å². The summed E-state index contributed by atoms with van der Waals surface area (Å²) in [5.41, 5.74) is 1.58. The molecule has 6 heteroatoms. The fourth-order valence-electron chi connectivity index (χ4n) is 2.20. The van der Waals surface area contributed by atoms with Gasteiger partial charge in [-0.2, -0.15) is 0 Å². The van der Waals surface area contributed by atoms with Gasteiger partial charge in [-0.1, -0.05) is 23.7 Å². The van der Waals surface area contributed by atoms with Gasteiger partial charge in [-0.25, -0.2) is 4.79 Å². The van der Waals surface area contributed by atoms with Gasteiger partial charge in [0, 0.05) is 16.8 Å². The first-order valence-corrected chi connectivity index (χ1v) is 7.22.